The zero-order valence-corrected chi connectivity index (χ0v) is 21.0. The number of carbonyl (C=O) groups excluding carboxylic acids is 3. The predicted molar refractivity (Wildman–Crippen MR) is 141 cm³/mol. The number of carbonyl (C=O) groups is 3. The van der Waals surface area contributed by atoms with Crippen LogP contribution in [0.25, 0.3) is 0 Å². The number of nitrogens with zero attached hydrogens (tertiary/aromatic N) is 2. The lowest BCUT2D eigenvalue weighted by atomic mass is 10.00. The number of benzene rings is 3. The minimum absolute atomic E-state index is 0.349. The van der Waals surface area contributed by atoms with Gasteiger partial charge in [-0.1, -0.05) is 84.7 Å². The Morgan fingerprint density at radius 3 is 2.42 bits per heavy atom. The molecule has 0 saturated heterocycles. The van der Waals surface area contributed by atoms with Crippen molar-refractivity contribution in [1.29, 1.82) is 0 Å². The monoisotopic (exact) mass is 522 g/mol. The molecule has 3 N–H and O–H groups in total. The number of aliphatic imine (C=N–C) groups is 1. The molecule has 0 aromatic heterocycles. The van der Waals surface area contributed by atoms with Crippen molar-refractivity contribution in [2.75, 3.05) is 11.4 Å². The standard InChI is InChI=1S/C27H24Cl2N4O3/c1-16(13-17-11-12-20(28)21(29)14-17)26(35)32-25-27(36)33(15-23(30)34)22-10-6-5-9-19(22)24(31-25)18-7-3-2-4-8-18/h2-12,14,16,25H,13,15H2,1H3,(H2,30,34)(H,32,35). The van der Waals surface area contributed by atoms with E-state index < -0.39 is 23.9 Å². The molecule has 3 aromatic carbocycles. The number of para-hydroxylation sites is 1. The first-order valence-corrected chi connectivity index (χ1v) is 12.1. The van der Waals surface area contributed by atoms with E-state index in [2.05, 4.69) is 10.3 Å². The molecule has 0 bridgehead atoms. The summed E-state index contributed by atoms with van der Waals surface area (Å²) >= 11 is 12.1. The van der Waals surface area contributed by atoms with Crippen LogP contribution < -0.4 is 16.0 Å². The molecule has 2 unspecified atom stereocenters. The molecule has 7 nitrogen and oxygen atoms in total. The van der Waals surface area contributed by atoms with Crippen molar-refractivity contribution in [3.63, 3.8) is 0 Å². The molecule has 1 aliphatic heterocycles. The number of nitrogens with two attached hydrogens (primary N) is 1. The highest BCUT2D eigenvalue weighted by Gasteiger charge is 2.34. The van der Waals surface area contributed by atoms with Crippen LogP contribution in [0.4, 0.5) is 5.69 Å². The Hall–Kier alpha value is -3.68. The normalized spacial score (nSPS) is 16.0. The lowest BCUT2D eigenvalue weighted by Crippen LogP contribution is -2.50. The molecule has 184 valence electrons. The molecular formula is C27H24Cl2N4O3. The first-order chi connectivity index (χ1) is 17.2. The molecular weight excluding hydrogens is 499 g/mol. The number of hydrogen-bond acceptors (Lipinski definition) is 4. The van der Waals surface area contributed by atoms with Crippen molar-refractivity contribution >= 4 is 52.3 Å². The molecule has 0 radical (unpaired) electrons. The van der Waals surface area contributed by atoms with Gasteiger partial charge in [-0.15, -0.1) is 0 Å². The number of rotatable bonds is 7. The van der Waals surface area contributed by atoms with Crippen molar-refractivity contribution in [2.24, 2.45) is 16.6 Å². The summed E-state index contributed by atoms with van der Waals surface area (Å²) in [5, 5.41) is 3.59. The van der Waals surface area contributed by atoms with Gasteiger partial charge >= 0.3 is 0 Å². The molecule has 0 spiro atoms. The Morgan fingerprint density at radius 1 is 1.03 bits per heavy atom. The summed E-state index contributed by atoms with van der Waals surface area (Å²) in [6, 6.07) is 21.7. The summed E-state index contributed by atoms with van der Waals surface area (Å²) in [5.74, 6) is -2.11. The average molecular weight is 523 g/mol. The van der Waals surface area contributed by atoms with Gasteiger partial charge in [0.25, 0.3) is 5.91 Å². The summed E-state index contributed by atoms with van der Waals surface area (Å²) in [5.41, 5.74) is 8.72. The smallest absolute Gasteiger partial charge is 0.272 e. The molecule has 0 fully saturated rings. The highest BCUT2D eigenvalue weighted by atomic mass is 35.5. The van der Waals surface area contributed by atoms with E-state index in [4.69, 9.17) is 28.9 Å². The SMILES string of the molecule is CC(Cc1ccc(Cl)c(Cl)c1)C(=O)NC1N=C(c2ccccc2)c2ccccc2N(CC(N)=O)C1=O. The molecule has 1 heterocycles. The second kappa shape index (κ2) is 10.9. The highest BCUT2D eigenvalue weighted by molar-refractivity contribution is 6.42. The maximum absolute atomic E-state index is 13.6. The van der Waals surface area contributed by atoms with E-state index in [9.17, 15) is 14.4 Å². The molecule has 3 amide bonds. The van der Waals surface area contributed by atoms with Crippen molar-refractivity contribution in [3.8, 4) is 0 Å². The average Bonchev–Trinajstić information content (AvgIpc) is 2.97. The summed E-state index contributed by atoms with van der Waals surface area (Å²) in [6.45, 7) is 1.40. The van der Waals surface area contributed by atoms with Gasteiger partial charge in [0.1, 0.15) is 6.54 Å². The van der Waals surface area contributed by atoms with Crippen LogP contribution in [0.3, 0.4) is 0 Å². The van der Waals surface area contributed by atoms with E-state index in [-0.39, 0.29) is 12.5 Å². The van der Waals surface area contributed by atoms with E-state index >= 15 is 0 Å². The Bertz CT molecular complexity index is 1340. The second-order valence-corrected chi connectivity index (χ2v) is 9.33. The summed E-state index contributed by atoms with van der Waals surface area (Å²) in [4.78, 5) is 44.6. The van der Waals surface area contributed by atoms with Gasteiger partial charge in [-0.3, -0.25) is 19.3 Å². The Labute approximate surface area is 218 Å². The highest BCUT2D eigenvalue weighted by Crippen LogP contribution is 2.28. The number of nitrogens with one attached hydrogen (secondary N) is 1. The lowest BCUT2D eigenvalue weighted by molar-refractivity contribution is -0.129. The van der Waals surface area contributed by atoms with E-state index in [0.29, 0.717) is 33.4 Å². The minimum Gasteiger partial charge on any atom is -0.368 e. The third kappa shape index (κ3) is 5.58. The number of primary amides is 1. The Balaban J connectivity index is 1.68. The van der Waals surface area contributed by atoms with Crippen LogP contribution in [0, 0.1) is 5.92 Å². The van der Waals surface area contributed by atoms with Crippen molar-refractivity contribution in [2.45, 2.75) is 19.5 Å². The largest absolute Gasteiger partial charge is 0.368 e. The van der Waals surface area contributed by atoms with Gasteiger partial charge < -0.3 is 11.1 Å². The van der Waals surface area contributed by atoms with Crippen LogP contribution in [0.15, 0.2) is 77.8 Å². The van der Waals surface area contributed by atoms with Crippen LogP contribution in [-0.4, -0.2) is 36.1 Å². The number of amides is 3. The van der Waals surface area contributed by atoms with Crippen LogP contribution in [0.1, 0.15) is 23.6 Å². The number of hydrogen-bond donors (Lipinski definition) is 2. The van der Waals surface area contributed by atoms with E-state index in [1.807, 2.05) is 42.5 Å². The van der Waals surface area contributed by atoms with Crippen molar-refractivity contribution in [3.05, 3.63) is 99.5 Å². The molecule has 9 heteroatoms. The number of halogens is 2. The van der Waals surface area contributed by atoms with Gasteiger partial charge in [0.15, 0.2) is 0 Å². The topological polar surface area (TPSA) is 105 Å². The fourth-order valence-corrected chi connectivity index (χ4v) is 4.38. The third-order valence-corrected chi connectivity index (χ3v) is 6.56. The van der Waals surface area contributed by atoms with E-state index in [1.165, 1.54) is 4.90 Å². The molecule has 4 rings (SSSR count). The molecule has 0 aliphatic carbocycles. The zero-order valence-electron chi connectivity index (χ0n) is 19.4. The Kier molecular flexibility index (Phi) is 7.72. The number of anilines is 1. The summed E-state index contributed by atoms with van der Waals surface area (Å²) in [7, 11) is 0. The van der Waals surface area contributed by atoms with E-state index in [0.717, 1.165) is 11.1 Å². The summed E-state index contributed by atoms with van der Waals surface area (Å²) < 4.78 is 0. The zero-order chi connectivity index (χ0) is 25.8. The second-order valence-electron chi connectivity index (χ2n) is 8.52. The number of fused-ring (bicyclic) bond motifs is 1. The van der Waals surface area contributed by atoms with Gasteiger partial charge in [0.2, 0.25) is 18.0 Å². The van der Waals surface area contributed by atoms with Crippen LogP contribution >= 0.6 is 23.2 Å². The van der Waals surface area contributed by atoms with Gasteiger partial charge in [0.05, 0.1) is 21.4 Å². The quantitative estimate of drug-likeness (QED) is 0.490. The van der Waals surface area contributed by atoms with Gasteiger partial charge in [0, 0.05) is 17.0 Å². The van der Waals surface area contributed by atoms with Crippen LogP contribution in [0.2, 0.25) is 10.0 Å². The van der Waals surface area contributed by atoms with Gasteiger partial charge in [-0.25, -0.2) is 4.99 Å². The van der Waals surface area contributed by atoms with Crippen LogP contribution in [0.5, 0.6) is 0 Å². The molecule has 3 aromatic rings. The van der Waals surface area contributed by atoms with Crippen molar-refractivity contribution < 1.29 is 14.4 Å². The first-order valence-electron chi connectivity index (χ1n) is 11.3. The predicted octanol–water partition coefficient (Wildman–Crippen LogP) is 3.98. The fraction of sp³-hybridized carbons (Fsp3) is 0.185. The first kappa shape index (κ1) is 25.4. The third-order valence-electron chi connectivity index (χ3n) is 5.82. The maximum Gasteiger partial charge on any atom is 0.272 e. The summed E-state index contributed by atoms with van der Waals surface area (Å²) in [6.07, 6.45) is -0.875. The number of benzodiazepines with no additional fused rings is 1. The molecule has 1 aliphatic rings. The van der Waals surface area contributed by atoms with Crippen molar-refractivity contribution in [1.82, 2.24) is 5.32 Å². The van der Waals surface area contributed by atoms with Crippen LogP contribution in [-0.2, 0) is 20.8 Å². The molecule has 36 heavy (non-hydrogen) atoms. The molecule has 2 atom stereocenters. The van der Waals surface area contributed by atoms with E-state index in [1.54, 1.807) is 37.3 Å². The lowest BCUT2D eigenvalue weighted by Gasteiger charge is -2.24. The fourth-order valence-electron chi connectivity index (χ4n) is 4.06. The minimum atomic E-state index is -1.25. The van der Waals surface area contributed by atoms with Gasteiger partial charge in [-0.05, 0) is 30.2 Å². The van der Waals surface area contributed by atoms with Gasteiger partial charge in [-0.2, -0.15) is 0 Å². The maximum atomic E-state index is 13.6. The Morgan fingerprint density at radius 2 is 1.72 bits per heavy atom. The molecule has 0 saturated carbocycles.